The third kappa shape index (κ3) is 2.61. The van der Waals surface area contributed by atoms with E-state index in [2.05, 4.69) is 37.0 Å². The Morgan fingerprint density at radius 1 is 1.05 bits per heavy atom. The quantitative estimate of drug-likeness (QED) is 0.626. The van der Waals surface area contributed by atoms with Crippen LogP contribution in [-0.4, -0.2) is 5.16 Å². The van der Waals surface area contributed by atoms with E-state index >= 15 is 0 Å². The summed E-state index contributed by atoms with van der Waals surface area (Å²) in [5.41, 5.74) is 8.48. The molecule has 106 valence electrons. The zero-order chi connectivity index (χ0) is 15.0. The second-order valence-corrected chi connectivity index (χ2v) is 6.09. The van der Waals surface area contributed by atoms with Crippen LogP contribution < -0.4 is 5.73 Å². The minimum absolute atomic E-state index is 0.195. The molecule has 0 radical (unpaired) electrons. The van der Waals surface area contributed by atoms with E-state index in [-0.39, 0.29) is 11.7 Å². The predicted molar refractivity (Wildman–Crippen MR) is 87.1 cm³/mol. The molecule has 0 saturated heterocycles. The number of nitrogens with zero attached hydrogens (tertiary/aromatic N) is 1. The maximum Gasteiger partial charge on any atom is 0.230 e. The van der Waals surface area contributed by atoms with Crippen LogP contribution in [0.5, 0.6) is 0 Å². The SMILES string of the molecule is Nc1onc(-c2ccc(Br)c(F)c2)c1-c1ccccc1Br. The van der Waals surface area contributed by atoms with Crippen molar-refractivity contribution in [1.82, 2.24) is 5.16 Å². The highest BCUT2D eigenvalue weighted by molar-refractivity contribution is 9.10. The number of anilines is 1. The number of benzene rings is 2. The molecule has 0 fully saturated rings. The maximum absolute atomic E-state index is 13.7. The van der Waals surface area contributed by atoms with E-state index in [1.165, 1.54) is 6.07 Å². The van der Waals surface area contributed by atoms with Gasteiger partial charge in [0.05, 0.1) is 10.0 Å². The van der Waals surface area contributed by atoms with Gasteiger partial charge in [-0.05, 0) is 34.1 Å². The fourth-order valence-electron chi connectivity index (χ4n) is 2.07. The zero-order valence-electron chi connectivity index (χ0n) is 10.6. The monoisotopic (exact) mass is 410 g/mol. The van der Waals surface area contributed by atoms with E-state index in [4.69, 9.17) is 10.3 Å². The molecule has 0 amide bonds. The molecule has 3 nitrogen and oxygen atoms in total. The topological polar surface area (TPSA) is 52.0 Å². The highest BCUT2D eigenvalue weighted by Gasteiger charge is 2.19. The lowest BCUT2D eigenvalue weighted by molar-refractivity contribution is 0.439. The van der Waals surface area contributed by atoms with E-state index in [1.807, 2.05) is 24.3 Å². The fraction of sp³-hybridized carbons (Fsp3) is 0. The van der Waals surface area contributed by atoms with Gasteiger partial charge in [0.1, 0.15) is 11.5 Å². The minimum Gasteiger partial charge on any atom is -0.367 e. The van der Waals surface area contributed by atoms with Gasteiger partial charge >= 0.3 is 0 Å². The van der Waals surface area contributed by atoms with Crippen LogP contribution in [0.25, 0.3) is 22.4 Å². The third-order valence-electron chi connectivity index (χ3n) is 3.05. The summed E-state index contributed by atoms with van der Waals surface area (Å²) >= 11 is 6.61. The maximum atomic E-state index is 13.7. The van der Waals surface area contributed by atoms with Crippen LogP contribution >= 0.6 is 31.9 Å². The average Bonchev–Trinajstić information content (AvgIpc) is 2.84. The number of hydrogen-bond donors (Lipinski definition) is 1. The van der Waals surface area contributed by atoms with E-state index < -0.39 is 0 Å². The molecule has 0 saturated carbocycles. The van der Waals surface area contributed by atoms with Gasteiger partial charge in [-0.1, -0.05) is 45.4 Å². The Bertz CT molecular complexity index is 817. The number of hydrogen-bond acceptors (Lipinski definition) is 3. The van der Waals surface area contributed by atoms with Crippen LogP contribution in [0.3, 0.4) is 0 Å². The lowest BCUT2D eigenvalue weighted by Crippen LogP contribution is -1.89. The van der Waals surface area contributed by atoms with E-state index in [0.717, 1.165) is 10.0 Å². The van der Waals surface area contributed by atoms with Crippen LogP contribution in [0, 0.1) is 5.82 Å². The zero-order valence-corrected chi connectivity index (χ0v) is 13.8. The first-order chi connectivity index (χ1) is 10.1. The highest BCUT2D eigenvalue weighted by atomic mass is 79.9. The van der Waals surface area contributed by atoms with Gasteiger partial charge < -0.3 is 10.3 Å². The van der Waals surface area contributed by atoms with Gasteiger partial charge in [0.15, 0.2) is 0 Å². The standard InChI is InChI=1S/C15H9Br2FN2O/c16-10-4-2-1-3-9(10)13-14(20-21-15(13)19)8-5-6-11(17)12(18)7-8/h1-7H,19H2. The first kappa shape index (κ1) is 14.3. The average molecular weight is 412 g/mol. The second-order valence-electron chi connectivity index (χ2n) is 4.38. The summed E-state index contributed by atoms with van der Waals surface area (Å²) in [5, 5.41) is 3.97. The molecule has 0 aliphatic carbocycles. The number of nitrogen functional groups attached to an aromatic ring is 1. The molecule has 0 atom stereocenters. The summed E-state index contributed by atoms with van der Waals surface area (Å²) in [6.45, 7) is 0. The Kier molecular flexibility index (Phi) is 3.82. The molecule has 1 heterocycles. The molecule has 2 aromatic carbocycles. The molecule has 0 spiro atoms. The van der Waals surface area contributed by atoms with Gasteiger partial charge in [-0.15, -0.1) is 0 Å². The second kappa shape index (κ2) is 5.61. The van der Waals surface area contributed by atoms with Crippen molar-refractivity contribution in [2.75, 3.05) is 5.73 Å². The van der Waals surface area contributed by atoms with Gasteiger partial charge in [0, 0.05) is 15.6 Å². The number of aromatic nitrogens is 1. The van der Waals surface area contributed by atoms with Crippen molar-refractivity contribution in [3.05, 3.63) is 57.2 Å². The molecule has 0 aliphatic heterocycles. The Labute approximate surface area is 137 Å². The Morgan fingerprint density at radius 3 is 2.52 bits per heavy atom. The Balaban J connectivity index is 2.22. The molecular formula is C15H9Br2FN2O. The van der Waals surface area contributed by atoms with Gasteiger partial charge in [0.2, 0.25) is 5.88 Å². The first-order valence-electron chi connectivity index (χ1n) is 6.03. The molecule has 0 aliphatic rings. The molecule has 2 N–H and O–H groups in total. The fourth-order valence-corrected chi connectivity index (χ4v) is 2.80. The van der Waals surface area contributed by atoms with Crippen LogP contribution in [0.1, 0.15) is 0 Å². The molecule has 3 aromatic rings. The van der Waals surface area contributed by atoms with Crippen molar-refractivity contribution in [3.8, 4) is 22.4 Å². The van der Waals surface area contributed by atoms with Gasteiger partial charge in [0.25, 0.3) is 0 Å². The summed E-state index contributed by atoms with van der Waals surface area (Å²) in [6.07, 6.45) is 0. The first-order valence-corrected chi connectivity index (χ1v) is 7.62. The summed E-state index contributed by atoms with van der Waals surface area (Å²) in [4.78, 5) is 0. The largest absolute Gasteiger partial charge is 0.367 e. The van der Waals surface area contributed by atoms with E-state index in [9.17, 15) is 4.39 Å². The van der Waals surface area contributed by atoms with Gasteiger partial charge in [-0.2, -0.15) is 0 Å². The van der Waals surface area contributed by atoms with Crippen molar-refractivity contribution in [2.45, 2.75) is 0 Å². The predicted octanol–water partition coefficient (Wildman–Crippen LogP) is 5.25. The third-order valence-corrected chi connectivity index (χ3v) is 4.39. The van der Waals surface area contributed by atoms with Crippen LogP contribution in [0.4, 0.5) is 10.3 Å². The van der Waals surface area contributed by atoms with Crippen molar-refractivity contribution in [3.63, 3.8) is 0 Å². The minimum atomic E-state index is -0.368. The lowest BCUT2D eigenvalue weighted by Gasteiger charge is -2.05. The summed E-state index contributed by atoms with van der Waals surface area (Å²) < 4.78 is 20.1. The Morgan fingerprint density at radius 2 is 1.81 bits per heavy atom. The highest BCUT2D eigenvalue weighted by Crippen LogP contribution is 2.40. The Hall–Kier alpha value is -1.66. The summed E-state index contributed by atoms with van der Waals surface area (Å²) in [5.74, 6) is -0.174. The van der Waals surface area contributed by atoms with Crippen LogP contribution in [0.2, 0.25) is 0 Å². The molecular weight excluding hydrogens is 403 g/mol. The lowest BCUT2D eigenvalue weighted by atomic mass is 10.0. The van der Waals surface area contributed by atoms with Crippen LogP contribution in [0.15, 0.2) is 55.9 Å². The van der Waals surface area contributed by atoms with Crippen LogP contribution in [-0.2, 0) is 0 Å². The van der Waals surface area contributed by atoms with Gasteiger partial charge in [-0.3, -0.25) is 0 Å². The van der Waals surface area contributed by atoms with Crippen molar-refractivity contribution < 1.29 is 8.91 Å². The number of nitrogens with two attached hydrogens (primary N) is 1. The molecule has 21 heavy (non-hydrogen) atoms. The molecule has 0 bridgehead atoms. The van der Waals surface area contributed by atoms with Gasteiger partial charge in [-0.25, -0.2) is 4.39 Å². The van der Waals surface area contributed by atoms with Crippen molar-refractivity contribution in [2.24, 2.45) is 0 Å². The molecule has 0 unspecified atom stereocenters. The summed E-state index contributed by atoms with van der Waals surface area (Å²) in [6, 6.07) is 12.3. The number of halogens is 3. The smallest absolute Gasteiger partial charge is 0.230 e. The van der Waals surface area contributed by atoms with E-state index in [0.29, 0.717) is 21.3 Å². The molecule has 3 rings (SSSR count). The summed E-state index contributed by atoms with van der Waals surface area (Å²) in [7, 11) is 0. The number of rotatable bonds is 2. The van der Waals surface area contributed by atoms with Crippen molar-refractivity contribution in [1.29, 1.82) is 0 Å². The normalized spacial score (nSPS) is 10.8. The molecule has 1 aromatic heterocycles. The van der Waals surface area contributed by atoms with Crippen molar-refractivity contribution >= 4 is 37.7 Å². The van der Waals surface area contributed by atoms with E-state index in [1.54, 1.807) is 12.1 Å². The molecule has 6 heteroatoms.